The van der Waals surface area contributed by atoms with Crippen LogP contribution in [0.1, 0.15) is 39.2 Å². The summed E-state index contributed by atoms with van der Waals surface area (Å²) in [6.07, 6.45) is 7.32. The molecule has 1 aromatic heterocycles. The summed E-state index contributed by atoms with van der Waals surface area (Å²) in [6, 6.07) is 0.273. The number of hydrogen-bond acceptors (Lipinski definition) is 2. The minimum Gasteiger partial charge on any atom is -0.327 e. The smallest absolute Gasteiger partial charge is 0.0522 e. The predicted molar refractivity (Wildman–Crippen MR) is 63.7 cm³/mol. The maximum Gasteiger partial charge on any atom is 0.0522 e. The Balaban J connectivity index is 2.53. The standard InChI is InChI=1S/C12H23N3/c1-4-11(5-2)12(13)7-10-8-14-15(6-3)9-10/h8-9,11-12H,4-7,13H2,1-3H3. The first-order valence-electron chi connectivity index (χ1n) is 5.98. The number of nitrogens with zero attached hydrogens (tertiary/aromatic N) is 2. The van der Waals surface area contributed by atoms with E-state index in [1.54, 1.807) is 0 Å². The summed E-state index contributed by atoms with van der Waals surface area (Å²) in [6.45, 7) is 7.45. The molecule has 0 amide bonds. The van der Waals surface area contributed by atoms with Crippen molar-refractivity contribution in [3.05, 3.63) is 18.0 Å². The Bertz CT molecular complexity index is 276. The van der Waals surface area contributed by atoms with Gasteiger partial charge in [0.1, 0.15) is 0 Å². The van der Waals surface area contributed by atoms with Gasteiger partial charge in [0, 0.05) is 18.8 Å². The Morgan fingerprint density at radius 3 is 2.47 bits per heavy atom. The van der Waals surface area contributed by atoms with Crippen LogP contribution in [0.5, 0.6) is 0 Å². The van der Waals surface area contributed by atoms with Crippen LogP contribution in [0.15, 0.2) is 12.4 Å². The topological polar surface area (TPSA) is 43.8 Å². The lowest BCUT2D eigenvalue weighted by atomic mass is 9.91. The molecule has 1 atom stereocenters. The summed E-state index contributed by atoms with van der Waals surface area (Å²) in [5.74, 6) is 0.634. The Morgan fingerprint density at radius 1 is 1.33 bits per heavy atom. The summed E-state index contributed by atoms with van der Waals surface area (Å²) >= 11 is 0. The average molecular weight is 209 g/mol. The van der Waals surface area contributed by atoms with Crippen LogP contribution in [0.4, 0.5) is 0 Å². The third-order valence-corrected chi connectivity index (χ3v) is 3.14. The molecule has 3 nitrogen and oxygen atoms in total. The zero-order valence-electron chi connectivity index (χ0n) is 10.1. The molecule has 3 heteroatoms. The monoisotopic (exact) mass is 209 g/mol. The van der Waals surface area contributed by atoms with Crippen LogP contribution in [-0.4, -0.2) is 15.8 Å². The molecule has 0 saturated carbocycles. The summed E-state index contributed by atoms with van der Waals surface area (Å²) in [5, 5.41) is 4.26. The van der Waals surface area contributed by atoms with Gasteiger partial charge in [0.05, 0.1) is 6.20 Å². The van der Waals surface area contributed by atoms with Gasteiger partial charge in [0.25, 0.3) is 0 Å². The molecule has 86 valence electrons. The lowest BCUT2D eigenvalue weighted by Crippen LogP contribution is -2.31. The molecule has 1 aromatic rings. The zero-order valence-corrected chi connectivity index (χ0v) is 10.1. The molecule has 2 N–H and O–H groups in total. The Kier molecular flexibility index (Phi) is 4.82. The zero-order chi connectivity index (χ0) is 11.3. The number of hydrogen-bond donors (Lipinski definition) is 1. The number of aromatic nitrogens is 2. The van der Waals surface area contributed by atoms with E-state index >= 15 is 0 Å². The molecular formula is C12H23N3. The van der Waals surface area contributed by atoms with E-state index < -0.39 is 0 Å². The third kappa shape index (κ3) is 3.34. The first-order chi connectivity index (χ1) is 7.21. The Hall–Kier alpha value is -0.830. The van der Waals surface area contributed by atoms with E-state index in [0.717, 1.165) is 13.0 Å². The molecule has 0 aliphatic heterocycles. The van der Waals surface area contributed by atoms with Crippen molar-refractivity contribution < 1.29 is 0 Å². The van der Waals surface area contributed by atoms with E-state index in [0.29, 0.717) is 5.92 Å². The second kappa shape index (κ2) is 5.91. The van der Waals surface area contributed by atoms with E-state index in [9.17, 15) is 0 Å². The van der Waals surface area contributed by atoms with E-state index in [1.807, 2.05) is 10.9 Å². The van der Waals surface area contributed by atoms with Gasteiger partial charge in [0.15, 0.2) is 0 Å². The molecule has 0 spiro atoms. The minimum absolute atomic E-state index is 0.273. The predicted octanol–water partition coefficient (Wildman–Crippen LogP) is 2.21. The molecule has 1 rings (SSSR count). The van der Waals surface area contributed by atoms with E-state index in [4.69, 9.17) is 5.73 Å². The SMILES string of the molecule is CCC(CC)C(N)Cc1cnn(CC)c1. The average Bonchev–Trinajstić information content (AvgIpc) is 2.67. The van der Waals surface area contributed by atoms with Gasteiger partial charge >= 0.3 is 0 Å². The van der Waals surface area contributed by atoms with Gasteiger partial charge in [-0.2, -0.15) is 5.10 Å². The van der Waals surface area contributed by atoms with Gasteiger partial charge in [-0.25, -0.2) is 0 Å². The van der Waals surface area contributed by atoms with E-state index in [-0.39, 0.29) is 6.04 Å². The number of nitrogens with two attached hydrogens (primary N) is 1. The number of aryl methyl sites for hydroxylation is 1. The lowest BCUT2D eigenvalue weighted by molar-refractivity contribution is 0.393. The number of rotatable bonds is 6. The van der Waals surface area contributed by atoms with Crippen molar-refractivity contribution in [2.24, 2.45) is 11.7 Å². The fourth-order valence-electron chi connectivity index (χ4n) is 2.02. The normalized spacial score (nSPS) is 13.4. The van der Waals surface area contributed by atoms with Crippen LogP contribution in [0.2, 0.25) is 0 Å². The van der Waals surface area contributed by atoms with Crippen LogP contribution in [0.3, 0.4) is 0 Å². The van der Waals surface area contributed by atoms with Crippen molar-refractivity contribution >= 4 is 0 Å². The highest BCUT2D eigenvalue weighted by Gasteiger charge is 2.14. The van der Waals surface area contributed by atoms with Crippen LogP contribution < -0.4 is 5.73 Å². The van der Waals surface area contributed by atoms with Crippen molar-refractivity contribution in [2.45, 2.75) is 52.6 Å². The van der Waals surface area contributed by atoms with Crippen molar-refractivity contribution in [1.82, 2.24) is 9.78 Å². The highest BCUT2D eigenvalue weighted by Crippen LogP contribution is 2.15. The molecule has 1 unspecified atom stereocenters. The van der Waals surface area contributed by atoms with Crippen LogP contribution in [0, 0.1) is 5.92 Å². The minimum atomic E-state index is 0.273. The largest absolute Gasteiger partial charge is 0.327 e. The molecule has 0 radical (unpaired) electrons. The van der Waals surface area contributed by atoms with Gasteiger partial charge in [-0.15, -0.1) is 0 Å². The van der Waals surface area contributed by atoms with Crippen LogP contribution in [0.25, 0.3) is 0 Å². The molecule has 0 aromatic carbocycles. The molecule has 0 aliphatic carbocycles. The summed E-state index contributed by atoms with van der Waals surface area (Å²) in [7, 11) is 0. The second-order valence-corrected chi connectivity index (χ2v) is 4.15. The van der Waals surface area contributed by atoms with Crippen molar-refractivity contribution in [2.75, 3.05) is 0 Å². The summed E-state index contributed by atoms with van der Waals surface area (Å²) in [4.78, 5) is 0. The molecule has 15 heavy (non-hydrogen) atoms. The van der Waals surface area contributed by atoms with Crippen LogP contribution >= 0.6 is 0 Å². The van der Waals surface area contributed by atoms with Crippen molar-refractivity contribution in [3.63, 3.8) is 0 Å². The second-order valence-electron chi connectivity index (χ2n) is 4.15. The molecule has 0 bridgehead atoms. The molecule has 1 heterocycles. The van der Waals surface area contributed by atoms with Crippen molar-refractivity contribution in [1.29, 1.82) is 0 Å². The molecular weight excluding hydrogens is 186 g/mol. The van der Waals surface area contributed by atoms with Gasteiger partial charge in [-0.3, -0.25) is 4.68 Å². The highest BCUT2D eigenvalue weighted by molar-refractivity contribution is 5.06. The Labute approximate surface area is 92.7 Å². The quantitative estimate of drug-likeness (QED) is 0.780. The lowest BCUT2D eigenvalue weighted by Gasteiger charge is -2.20. The first kappa shape index (κ1) is 12.2. The van der Waals surface area contributed by atoms with Gasteiger partial charge in [0.2, 0.25) is 0 Å². The fraction of sp³-hybridized carbons (Fsp3) is 0.750. The van der Waals surface area contributed by atoms with E-state index in [2.05, 4.69) is 32.1 Å². The first-order valence-corrected chi connectivity index (χ1v) is 5.98. The van der Waals surface area contributed by atoms with Crippen LogP contribution in [-0.2, 0) is 13.0 Å². The fourth-order valence-corrected chi connectivity index (χ4v) is 2.02. The maximum absolute atomic E-state index is 6.18. The summed E-state index contributed by atoms with van der Waals surface area (Å²) < 4.78 is 1.95. The van der Waals surface area contributed by atoms with Crippen molar-refractivity contribution in [3.8, 4) is 0 Å². The van der Waals surface area contributed by atoms with E-state index in [1.165, 1.54) is 18.4 Å². The third-order valence-electron chi connectivity index (χ3n) is 3.14. The molecule has 0 saturated heterocycles. The van der Waals surface area contributed by atoms with Gasteiger partial charge in [-0.05, 0) is 24.8 Å². The highest BCUT2D eigenvalue weighted by atomic mass is 15.3. The molecule has 0 fully saturated rings. The van der Waals surface area contributed by atoms with Gasteiger partial charge in [-0.1, -0.05) is 26.7 Å². The summed E-state index contributed by atoms with van der Waals surface area (Å²) in [5.41, 5.74) is 7.45. The Morgan fingerprint density at radius 2 is 2.00 bits per heavy atom. The van der Waals surface area contributed by atoms with Gasteiger partial charge < -0.3 is 5.73 Å². The molecule has 0 aliphatic rings. The maximum atomic E-state index is 6.18.